The van der Waals surface area contributed by atoms with E-state index >= 15 is 0 Å². The molecule has 0 spiro atoms. The van der Waals surface area contributed by atoms with Crippen LogP contribution in [0, 0.1) is 6.92 Å². The molecule has 0 radical (unpaired) electrons. The van der Waals surface area contributed by atoms with E-state index in [1.54, 1.807) is 11.3 Å². The number of hydrogen-bond donors (Lipinski definition) is 1. The van der Waals surface area contributed by atoms with Crippen molar-refractivity contribution in [2.24, 2.45) is 0 Å². The van der Waals surface area contributed by atoms with Gasteiger partial charge in [0.15, 0.2) is 0 Å². The Kier molecular flexibility index (Phi) is 4.16. The van der Waals surface area contributed by atoms with Gasteiger partial charge in [0.1, 0.15) is 0 Å². The molecule has 1 aromatic heterocycles. The van der Waals surface area contributed by atoms with Gasteiger partial charge in [-0.25, -0.2) is 0 Å². The minimum absolute atomic E-state index is 0.923. The predicted octanol–water partition coefficient (Wildman–Crippen LogP) is 4.11. The average molecular weight is 296 g/mol. The second-order valence-corrected chi connectivity index (χ2v) is 5.64. The van der Waals surface area contributed by atoms with Gasteiger partial charge in [0.2, 0.25) is 0 Å². The molecule has 0 aliphatic rings. The van der Waals surface area contributed by atoms with E-state index in [1.165, 1.54) is 20.5 Å². The van der Waals surface area contributed by atoms with E-state index in [0.29, 0.717) is 0 Å². The molecule has 0 aliphatic heterocycles. The third-order valence-electron chi connectivity index (χ3n) is 2.39. The number of hydrogen-bond acceptors (Lipinski definition) is 2. The number of benzene rings is 1. The van der Waals surface area contributed by atoms with Crippen LogP contribution in [0.15, 0.2) is 40.2 Å². The summed E-state index contributed by atoms with van der Waals surface area (Å²) >= 11 is 5.31. The molecule has 0 saturated carbocycles. The summed E-state index contributed by atoms with van der Waals surface area (Å²) in [6, 6.07) is 10.7. The normalized spacial score (nSPS) is 10.6. The quantitative estimate of drug-likeness (QED) is 0.895. The minimum atomic E-state index is 0.923. The van der Waals surface area contributed by atoms with Crippen molar-refractivity contribution >= 4 is 27.3 Å². The van der Waals surface area contributed by atoms with Crippen molar-refractivity contribution in [2.45, 2.75) is 20.0 Å². The highest BCUT2D eigenvalue weighted by Crippen LogP contribution is 2.22. The Labute approximate surface area is 109 Å². The lowest BCUT2D eigenvalue weighted by atomic mass is 10.1. The third kappa shape index (κ3) is 3.17. The van der Waals surface area contributed by atoms with E-state index in [1.807, 2.05) is 0 Å². The molecule has 1 nitrogen and oxygen atoms in total. The topological polar surface area (TPSA) is 12.0 Å². The Morgan fingerprint density at radius 2 is 2.12 bits per heavy atom. The first kappa shape index (κ1) is 11.8. The standard InChI is InChI=1S/C13H14BrNS/c1-10-3-2-4-11(7-10)8-15-9-13-12(14)5-6-16-13/h2-7,15H,8-9H2,1H3. The number of nitrogens with one attached hydrogen (secondary N) is 1. The molecule has 0 saturated heterocycles. The molecule has 0 unspecified atom stereocenters. The van der Waals surface area contributed by atoms with Gasteiger partial charge in [0, 0.05) is 22.4 Å². The largest absolute Gasteiger partial charge is 0.308 e. The highest BCUT2D eigenvalue weighted by molar-refractivity contribution is 9.10. The van der Waals surface area contributed by atoms with Crippen molar-refractivity contribution in [1.82, 2.24) is 5.32 Å². The fourth-order valence-corrected chi connectivity index (χ4v) is 3.06. The zero-order valence-electron chi connectivity index (χ0n) is 9.16. The van der Waals surface area contributed by atoms with Crippen LogP contribution in [0.25, 0.3) is 0 Å². The molecule has 1 N–H and O–H groups in total. The highest BCUT2D eigenvalue weighted by atomic mass is 79.9. The van der Waals surface area contributed by atoms with E-state index in [2.05, 4.69) is 63.9 Å². The molecule has 1 heterocycles. The molecule has 0 amide bonds. The third-order valence-corrected chi connectivity index (χ3v) is 4.31. The van der Waals surface area contributed by atoms with Gasteiger partial charge in [0.25, 0.3) is 0 Å². The molecular formula is C13H14BrNS. The number of rotatable bonds is 4. The van der Waals surface area contributed by atoms with Crippen molar-refractivity contribution in [3.8, 4) is 0 Å². The predicted molar refractivity (Wildman–Crippen MR) is 73.7 cm³/mol. The summed E-state index contributed by atoms with van der Waals surface area (Å²) in [6.07, 6.45) is 0. The van der Waals surface area contributed by atoms with E-state index in [0.717, 1.165) is 13.1 Å². The lowest BCUT2D eigenvalue weighted by Gasteiger charge is -2.04. The Hall–Kier alpha value is -0.640. The lowest BCUT2D eigenvalue weighted by Crippen LogP contribution is -2.11. The maximum Gasteiger partial charge on any atom is 0.0327 e. The van der Waals surface area contributed by atoms with Crippen LogP contribution in [-0.2, 0) is 13.1 Å². The summed E-state index contributed by atoms with van der Waals surface area (Å²) in [4.78, 5) is 1.35. The Bertz CT molecular complexity index is 464. The van der Waals surface area contributed by atoms with Crippen LogP contribution in [0.4, 0.5) is 0 Å². The molecule has 16 heavy (non-hydrogen) atoms. The molecule has 84 valence electrons. The minimum Gasteiger partial charge on any atom is -0.308 e. The molecule has 3 heteroatoms. The van der Waals surface area contributed by atoms with Gasteiger partial charge in [-0.15, -0.1) is 11.3 Å². The molecular weight excluding hydrogens is 282 g/mol. The molecule has 0 atom stereocenters. The van der Waals surface area contributed by atoms with E-state index < -0.39 is 0 Å². The average Bonchev–Trinajstić information content (AvgIpc) is 2.65. The van der Waals surface area contributed by atoms with Gasteiger partial charge in [-0.1, -0.05) is 29.8 Å². The summed E-state index contributed by atoms with van der Waals surface area (Å²) in [6.45, 7) is 3.97. The first-order valence-corrected chi connectivity index (χ1v) is 6.91. The van der Waals surface area contributed by atoms with Crippen LogP contribution in [0.1, 0.15) is 16.0 Å². The SMILES string of the molecule is Cc1cccc(CNCc2sccc2Br)c1. The lowest BCUT2D eigenvalue weighted by molar-refractivity contribution is 0.699. The summed E-state index contributed by atoms with van der Waals surface area (Å²) in [5.74, 6) is 0. The van der Waals surface area contributed by atoms with E-state index in [-0.39, 0.29) is 0 Å². The van der Waals surface area contributed by atoms with Crippen LogP contribution >= 0.6 is 27.3 Å². The van der Waals surface area contributed by atoms with Crippen LogP contribution in [0.5, 0.6) is 0 Å². The summed E-state index contributed by atoms with van der Waals surface area (Å²) < 4.78 is 1.20. The Balaban J connectivity index is 1.87. The van der Waals surface area contributed by atoms with Gasteiger partial charge >= 0.3 is 0 Å². The molecule has 2 aromatic rings. The van der Waals surface area contributed by atoms with Crippen molar-refractivity contribution in [3.05, 3.63) is 56.2 Å². The summed E-state index contributed by atoms with van der Waals surface area (Å²) in [5, 5.41) is 5.56. The molecule has 2 rings (SSSR count). The molecule has 0 aliphatic carbocycles. The van der Waals surface area contributed by atoms with Crippen LogP contribution in [0.2, 0.25) is 0 Å². The first-order valence-electron chi connectivity index (χ1n) is 5.24. The first-order chi connectivity index (χ1) is 7.75. The molecule has 1 aromatic carbocycles. The Morgan fingerprint density at radius 3 is 2.81 bits per heavy atom. The fourth-order valence-electron chi connectivity index (χ4n) is 1.59. The molecule has 0 fully saturated rings. The molecule has 0 bridgehead atoms. The van der Waals surface area contributed by atoms with Crippen LogP contribution in [-0.4, -0.2) is 0 Å². The maximum absolute atomic E-state index is 3.53. The summed E-state index contributed by atoms with van der Waals surface area (Å²) in [7, 11) is 0. The number of aryl methyl sites for hydroxylation is 1. The zero-order chi connectivity index (χ0) is 11.4. The van der Waals surface area contributed by atoms with E-state index in [4.69, 9.17) is 0 Å². The smallest absolute Gasteiger partial charge is 0.0327 e. The van der Waals surface area contributed by atoms with Gasteiger partial charge < -0.3 is 5.32 Å². The van der Waals surface area contributed by atoms with Crippen molar-refractivity contribution < 1.29 is 0 Å². The fraction of sp³-hybridized carbons (Fsp3) is 0.231. The zero-order valence-corrected chi connectivity index (χ0v) is 11.6. The summed E-state index contributed by atoms with van der Waals surface area (Å²) in [5.41, 5.74) is 2.66. The number of halogens is 1. The maximum atomic E-state index is 3.53. The van der Waals surface area contributed by atoms with Crippen LogP contribution < -0.4 is 5.32 Å². The van der Waals surface area contributed by atoms with Gasteiger partial charge in [0.05, 0.1) is 0 Å². The Morgan fingerprint density at radius 1 is 1.25 bits per heavy atom. The van der Waals surface area contributed by atoms with E-state index in [9.17, 15) is 0 Å². The van der Waals surface area contributed by atoms with Gasteiger partial charge in [-0.2, -0.15) is 0 Å². The van der Waals surface area contributed by atoms with Crippen molar-refractivity contribution in [2.75, 3.05) is 0 Å². The number of thiophene rings is 1. The van der Waals surface area contributed by atoms with Gasteiger partial charge in [-0.05, 0) is 39.9 Å². The van der Waals surface area contributed by atoms with Crippen molar-refractivity contribution in [1.29, 1.82) is 0 Å². The monoisotopic (exact) mass is 295 g/mol. The second-order valence-electron chi connectivity index (χ2n) is 3.78. The van der Waals surface area contributed by atoms with Gasteiger partial charge in [-0.3, -0.25) is 0 Å². The highest BCUT2D eigenvalue weighted by Gasteiger charge is 2.00. The van der Waals surface area contributed by atoms with Crippen LogP contribution in [0.3, 0.4) is 0 Å². The second kappa shape index (κ2) is 5.62. The van der Waals surface area contributed by atoms with Crippen molar-refractivity contribution in [3.63, 3.8) is 0 Å².